The Bertz CT molecular complexity index is 994. The Balaban J connectivity index is 1.72. The zero-order chi connectivity index (χ0) is 21.9. The normalized spacial score (nSPS) is 23.5. The third-order valence-electron chi connectivity index (χ3n) is 7.24. The van der Waals surface area contributed by atoms with E-state index >= 15 is 0 Å². The smallest absolute Gasteiger partial charge is 0.255 e. The van der Waals surface area contributed by atoms with Crippen molar-refractivity contribution in [2.24, 2.45) is 0 Å². The van der Waals surface area contributed by atoms with Gasteiger partial charge in [-0.3, -0.25) is 14.7 Å². The van der Waals surface area contributed by atoms with Crippen LogP contribution in [0.15, 0.2) is 85.2 Å². The second kappa shape index (κ2) is 8.64. The largest absolute Gasteiger partial charge is 0.332 e. The van der Waals surface area contributed by atoms with Gasteiger partial charge in [-0.1, -0.05) is 60.7 Å². The fourth-order valence-corrected chi connectivity index (χ4v) is 5.26. The van der Waals surface area contributed by atoms with E-state index in [0.717, 1.165) is 25.7 Å². The third kappa shape index (κ3) is 3.77. The minimum absolute atomic E-state index is 0.0222. The summed E-state index contributed by atoms with van der Waals surface area (Å²) in [7, 11) is 6.30. The van der Waals surface area contributed by atoms with Crippen LogP contribution in [0.2, 0.25) is 0 Å². The van der Waals surface area contributed by atoms with Crippen LogP contribution in [0.5, 0.6) is 0 Å². The maximum absolute atomic E-state index is 13.5. The molecule has 1 heterocycles. The highest BCUT2D eigenvalue weighted by molar-refractivity contribution is 5.94. The Morgan fingerprint density at radius 1 is 0.742 bits per heavy atom. The minimum Gasteiger partial charge on any atom is -0.332 e. The van der Waals surface area contributed by atoms with E-state index in [1.54, 1.807) is 12.4 Å². The lowest BCUT2D eigenvalue weighted by Gasteiger charge is -2.53. The zero-order valence-electron chi connectivity index (χ0n) is 18.7. The molecule has 1 aromatic heterocycles. The van der Waals surface area contributed by atoms with E-state index in [4.69, 9.17) is 0 Å². The monoisotopic (exact) mass is 413 g/mol. The fourth-order valence-electron chi connectivity index (χ4n) is 5.26. The Morgan fingerprint density at radius 3 is 1.74 bits per heavy atom. The lowest BCUT2D eigenvalue weighted by Crippen LogP contribution is -2.54. The molecule has 0 spiro atoms. The predicted molar refractivity (Wildman–Crippen MR) is 125 cm³/mol. The van der Waals surface area contributed by atoms with Crippen molar-refractivity contribution in [2.75, 3.05) is 21.1 Å². The van der Waals surface area contributed by atoms with E-state index in [1.165, 1.54) is 11.1 Å². The van der Waals surface area contributed by atoms with Crippen LogP contribution < -0.4 is 0 Å². The molecular weight excluding hydrogens is 382 g/mol. The van der Waals surface area contributed by atoms with Gasteiger partial charge in [-0.2, -0.15) is 0 Å². The molecule has 1 aliphatic carbocycles. The highest BCUT2D eigenvalue weighted by Crippen LogP contribution is 2.50. The summed E-state index contributed by atoms with van der Waals surface area (Å²) in [5.74, 6) is 0.0222. The van der Waals surface area contributed by atoms with Gasteiger partial charge in [-0.25, -0.2) is 0 Å². The molecule has 0 radical (unpaired) electrons. The first-order valence-corrected chi connectivity index (χ1v) is 11.0. The van der Waals surface area contributed by atoms with Crippen molar-refractivity contribution in [3.8, 4) is 0 Å². The number of pyridine rings is 1. The van der Waals surface area contributed by atoms with E-state index in [-0.39, 0.29) is 17.0 Å². The van der Waals surface area contributed by atoms with Gasteiger partial charge >= 0.3 is 0 Å². The molecule has 4 nitrogen and oxygen atoms in total. The maximum atomic E-state index is 13.5. The Kier molecular flexibility index (Phi) is 5.92. The number of hydrogen-bond acceptors (Lipinski definition) is 3. The Morgan fingerprint density at radius 2 is 1.26 bits per heavy atom. The van der Waals surface area contributed by atoms with Crippen LogP contribution in [0.4, 0.5) is 0 Å². The summed E-state index contributed by atoms with van der Waals surface area (Å²) in [5, 5.41) is 0. The van der Waals surface area contributed by atoms with E-state index in [2.05, 4.69) is 78.6 Å². The van der Waals surface area contributed by atoms with Crippen LogP contribution in [0, 0.1) is 0 Å². The van der Waals surface area contributed by atoms with E-state index < -0.39 is 0 Å². The molecule has 2 aromatic carbocycles. The summed E-state index contributed by atoms with van der Waals surface area (Å²) in [4.78, 5) is 21.9. The topological polar surface area (TPSA) is 36.4 Å². The highest BCUT2D eigenvalue weighted by atomic mass is 16.2. The van der Waals surface area contributed by atoms with Gasteiger partial charge in [0.1, 0.15) is 0 Å². The van der Waals surface area contributed by atoms with Crippen molar-refractivity contribution in [1.29, 1.82) is 0 Å². The zero-order valence-corrected chi connectivity index (χ0v) is 18.7. The van der Waals surface area contributed by atoms with E-state index in [1.807, 2.05) is 30.1 Å². The molecule has 4 heteroatoms. The number of carbonyl (C=O) groups is 1. The summed E-state index contributed by atoms with van der Waals surface area (Å²) in [6.45, 7) is 0. The van der Waals surface area contributed by atoms with Crippen LogP contribution in [-0.2, 0) is 11.1 Å². The van der Waals surface area contributed by atoms with Crippen LogP contribution >= 0.6 is 0 Å². The lowest BCUT2D eigenvalue weighted by atomic mass is 9.65. The molecule has 1 fully saturated rings. The molecule has 0 saturated heterocycles. The molecule has 0 atom stereocenters. The summed E-state index contributed by atoms with van der Waals surface area (Å²) in [6, 6.07) is 25.0. The molecule has 0 bridgehead atoms. The molecule has 0 aliphatic heterocycles. The number of aromatic nitrogens is 1. The van der Waals surface area contributed by atoms with Crippen molar-refractivity contribution >= 4 is 5.91 Å². The van der Waals surface area contributed by atoms with Crippen molar-refractivity contribution in [1.82, 2.24) is 14.8 Å². The third-order valence-corrected chi connectivity index (χ3v) is 7.24. The second-order valence-corrected chi connectivity index (χ2v) is 8.80. The van der Waals surface area contributed by atoms with Crippen molar-refractivity contribution in [3.05, 3.63) is 102 Å². The summed E-state index contributed by atoms with van der Waals surface area (Å²) < 4.78 is 0. The van der Waals surface area contributed by atoms with Gasteiger partial charge in [0.2, 0.25) is 0 Å². The molecular formula is C27H31N3O. The number of amides is 1. The number of carbonyl (C=O) groups excluding carboxylic acids is 1. The quantitative estimate of drug-likeness (QED) is 0.585. The number of hydrogen-bond donors (Lipinski definition) is 0. The van der Waals surface area contributed by atoms with Crippen molar-refractivity contribution in [2.45, 2.75) is 36.8 Å². The van der Waals surface area contributed by atoms with Crippen LogP contribution in [0.1, 0.15) is 47.2 Å². The van der Waals surface area contributed by atoms with Gasteiger partial charge in [0.25, 0.3) is 5.91 Å². The predicted octanol–water partition coefficient (Wildman–Crippen LogP) is 5.08. The molecule has 0 unspecified atom stereocenters. The average molecular weight is 414 g/mol. The Hall–Kier alpha value is -2.98. The molecule has 160 valence electrons. The number of benzene rings is 2. The van der Waals surface area contributed by atoms with E-state index in [0.29, 0.717) is 5.56 Å². The van der Waals surface area contributed by atoms with Gasteiger partial charge in [-0.15, -0.1) is 0 Å². The molecule has 1 saturated carbocycles. The van der Waals surface area contributed by atoms with Crippen LogP contribution in [-0.4, -0.2) is 41.8 Å². The summed E-state index contributed by atoms with van der Waals surface area (Å²) in [5.41, 5.74) is 2.81. The summed E-state index contributed by atoms with van der Waals surface area (Å²) >= 11 is 0. The Labute approximate surface area is 185 Å². The molecule has 1 aliphatic rings. The van der Waals surface area contributed by atoms with Gasteiger partial charge < -0.3 is 4.90 Å². The van der Waals surface area contributed by atoms with Gasteiger partial charge in [0, 0.05) is 25.0 Å². The molecule has 0 N–H and O–H groups in total. The first-order chi connectivity index (χ1) is 15.0. The first-order valence-electron chi connectivity index (χ1n) is 11.0. The van der Waals surface area contributed by atoms with Crippen LogP contribution in [0.25, 0.3) is 0 Å². The van der Waals surface area contributed by atoms with Gasteiger partial charge in [0.15, 0.2) is 0 Å². The number of nitrogens with zero attached hydrogens (tertiary/aromatic N) is 3. The van der Waals surface area contributed by atoms with Gasteiger partial charge in [0.05, 0.1) is 11.1 Å². The molecule has 1 amide bonds. The minimum atomic E-state index is -0.345. The lowest BCUT2D eigenvalue weighted by molar-refractivity contribution is 0.00142. The molecule has 4 rings (SSSR count). The first kappa shape index (κ1) is 21.3. The maximum Gasteiger partial charge on any atom is 0.255 e. The summed E-state index contributed by atoms with van der Waals surface area (Å²) in [6.07, 6.45) is 7.11. The van der Waals surface area contributed by atoms with Crippen molar-refractivity contribution in [3.63, 3.8) is 0 Å². The average Bonchev–Trinajstić information content (AvgIpc) is 2.84. The number of rotatable bonds is 5. The highest BCUT2D eigenvalue weighted by Gasteiger charge is 2.48. The van der Waals surface area contributed by atoms with Crippen molar-refractivity contribution < 1.29 is 4.79 Å². The van der Waals surface area contributed by atoms with Gasteiger partial charge in [-0.05, 0) is 63.0 Å². The second-order valence-electron chi connectivity index (χ2n) is 8.80. The SMILES string of the molecule is CN(C)C1(c2ccccc2)CCC(c2ccccc2)(N(C)C(=O)c2cccnc2)CC1. The van der Waals surface area contributed by atoms with E-state index in [9.17, 15) is 4.79 Å². The molecule has 31 heavy (non-hydrogen) atoms. The fraction of sp³-hybridized carbons (Fsp3) is 0.333. The molecule has 3 aromatic rings. The standard InChI is InChI=1S/C27H31N3O/c1-29(2)26(23-12-6-4-7-13-23)16-18-27(19-17-26,24-14-8-5-9-15-24)30(3)25(31)22-11-10-20-28-21-22/h4-15,20-21H,16-19H2,1-3H3. The van der Waals surface area contributed by atoms with Crippen LogP contribution in [0.3, 0.4) is 0 Å².